The molecule has 8 heteroatoms. The first kappa shape index (κ1) is 19.7. The van der Waals surface area contributed by atoms with Crippen molar-refractivity contribution in [2.24, 2.45) is 5.73 Å². The molecule has 0 unspecified atom stereocenters. The highest BCUT2D eigenvalue weighted by Gasteiger charge is 2.45. The van der Waals surface area contributed by atoms with Crippen molar-refractivity contribution in [1.29, 1.82) is 0 Å². The number of likely N-dealkylation sites (tertiary alicyclic amines) is 2. The van der Waals surface area contributed by atoms with E-state index in [1.54, 1.807) is 11.1 Å². The Morgan fingerprint density at radius 1 is 1.26 bits per heavy atom. The molecule has 2 aliphatic heterocycles. The molecule has 1 atom stereocenters. The Balaban J connectivity index is 1.61. The molecule has 1 aromatic heterocycles. The number of aromatic nitrogens is 2. The summed E-state index contributed by atoms with van der Waals surface area (Å²) in [6, 6.07) is -0.247. The van der Waals surface area contributed by atoms with Gasteiger partial charge in [-0.05, 0) is 52.1 Å². The monoisotopic (exact) mass is 376 g/mol. The van der Waals surface area contributed by atoms with Crippen LogP contribution in [0.2, 0.25) is 0 Å². The molecule has 0 saturated carbocycles. The van der Waals surface area contributed by atoms with Gasteiger partial charge in [0.2, 0.25) is 5.91 Å². The maximum absolute atomic E-state index is 12.7. The molecule has 0 spiro atoms. The van der Waals surface area contributed by atoms with E-state index in [-0.39, 0.29) is 18.0 Å². The normalized spacial score (nSPS) is 21.6. The number of H-pyrrole nitrogens is 1. The summed E-state index contributed by atoms with van der Waals surface area (Å²) in [5, 5.41) is 3.07. The Kier molecular flexibility index (Phi) is 6.04. The van der Waals surface area contributed by atoms with E-state index < -0.39 is 5.54 Å². The largest absolute Gasteiger partial charge is 0.368 e. The molecule has 8 nitrogen and oxygen atoms in total. The van der Waals surface area contributed by atoms with E-state index in [1.807, 2.05) is 13.8 Å². The first-order chi connectivity index (χ1) is 13.0. The molecule has 2 fully saturated rings. The van der Waals surface area contributed by atoms with Crippen LogP contribution in [0.3, 0.4) is 0 Å². The van der Waals surface area contributed by atoms with Gasteiger partial charge in [0.15, 0.2) is 0 Å². The lowest BCUT2D eigenvalue weighted by Gasteiger charge is -2.48. The number of piperidine rings is 2. The number of carbonyl (C=O) groups excluding carboxylic acids is 2. The molecule has 27 heavy (non-hydrogen) atoms. The highest BCUT2D eigenvalue weighted by molar-refractivity contribution is 5.85. The Hall–Kier alpha value is -2.09. The minimum Gasteiger partial charge on any atom is -0.368 e. The van der Waals surface area contributed by atoms with Crippen LogP contribution >= 0.6 is 0 Å². The number of aryl methyl sites for hydroxylation is 1. The van der Waals surface area contributed by atoms with Gasteiger partial charge in [0.05, 0.1) is 6.04 Å². The second-order valence-corrected chi connectivity index (χ2v) is 7.79. The quantitative estimate of drug-likeness (QED) is 0.727. The van der Waals surface area contributed by atoms with Gasteiger partial charge in [0.25, 0.3) is 0 Å². The highest BCUT2D eigenvalue weighted by Crippen LogP contribution is 2.31. The Morgan fingerprint density at radius 3 is 2.44 bits per heavy atom. The minimum atomic E-state index is -0.598. The molecular formula is C19H32N6O2. The average molecular weight is 377 g/mol. The fraction of sp³-hybridized carbons (Fsp3) is 0.737. The van der Waals surface area contributed by atoms with Crippen LogP contribution in [-0.4, -0.2) is 63.4 Å². The van der Waals surface area contributed by atoms with Crippen molar-refractivity contribution in [3.63, 3.8) is 0 Å². The molecular weight excluding hydrogens is 344 g/mol. The van der Waals surface area contributed by atoms with Crippen molar-refractivity contribution >= 4 is 11.9 Å². The van der Waals surface area contributed by atoms with Crippen LogP contribution in [0.4, 0.5) is 4.79 Å². The van der Waals surface area contributed by atoms with E-state index in [1.165, 1.54) is 6.42 Å². The van der Waals surface area contributed by atoms with Gasteiger partial charge >= 0.3 is 6.03 Å². The number of carbonyl (C=O) groups is 2. The molecule has 3 rings (SSSR count). The summed E-state index contributed by atoms with van der Waals surface area (Å²) >= 11 is 0. The van der Waals surface area contributed by atoms with Crippen molar-refractivity contribution in [2.75, 3.05) is 26.2 Å². The number of aromatic amines is 1. The lowest BCUT2D eigenvalue weighted by molar-refractivity contribution is -0.134. The summed E-state index contributed by atoms with van der Waals surface area (Å²) in [4.78, 5) is 36.6. The van der Waals surface area contributed by atoms with Crippen LogP contribution in [0.25, 0.3) is 0 Å². The fourth-order valence-corrected chi connectivity index (χ4v) is 4.33. The predicted molar refractivity (Wildman–Crippen MR) is 103 cm³/mol. The van der Waals surface area contributed by atoms with Gasteiger partial charge < -0.3 is 20.9 Å². The number of urea groups is 1. The summed E-state index contributed by atoms with van der Waals surface area (Å²) in [6.07, 6.45) is 7.17. The van der Waals surface area contributed by atoms with Gasteiger partial charge in [-0.3, -0.25) is 9.69 Å². The molecule has 0 aliphatic carbocycles. The zero-order valence-electron chi connectivity index (χ0n) is 16.5. The average Bonchev–Trinajstić information content (AvgIpc) is 3.12. The van der Waals surface area contributed by atoms with Crippen molar-refractivity contribution in [3.05, 3.63) is 17.7 Å². The molecule has 3 heterocycles. The van der Waals surface area contributed by atoms with E-state index >= 15 is 0 Å². The van der Waals surface area contributed by atoms with Gasteiger partial charge in [0, 0.05) is 25.0 Å². The number of hydrogen-bond acceptors (Lipinski definition) is 4. The summed E-state index contributed by atoms with van der Waals surface area (Å²) in [5.74, 6) is 0.530. The summed E-state index contributed by atoms with van der Waals surface area (Å²) < 4.78 is 0. The highest BCUT2D eigenvalue weighted by atomic mass is 16.2. The van der Waals surface area contributed by atoms with E-state index in [2.05, 4.69) is 20.2 Å². The molecule has 0 radical (unpaired) electrons. The van der Waals surface area contributed by atoms with Gasteiger partial charge in [-0.1, -0.05) is 13.3 Å². The van der Waals surface area contributed by atoms with Crippen LogP contribution in [0, 0.1) is 6.92 Å². The predicted octanol–water partition coefficient (Wildman–Crippen LogP) is 1.68. The smallest absolute Gasteiger partial charge is 0.317 e. The van der Waals surface area contributed by atoms with Crippen LogP contribution in [0.5, 0.6) is 0 Å². The molecule has 2 saturated heterocycles. The molecule has 0 aromatic carbocycles. The second-order valence-electron chi connectivity index (χ2n) is 7.79. The zero-order valence-corrected chi connectivity index (χ0v) is 16.5. The Labute approximate surface area is 160 Å². The van der Waals surface area contributed by atoms with Crippen molar-refractivity contribution in [2.45, 2.75) is 64.0 Å². The summed E-state index contributed by atoms with van der Waals surface area (Å²) in [6.45, 7) is 6.89. The number of amides is 3. The molecule has 2 aliphatic rings. The first-order valence-corrected chi connectivity index (χ1v) is 10.1. The van der Waals surface area contributed by atoms with E-state index in [0.717, 1.165) is 43.9 Å². The van der Waals surface area contributed by atoms with Crippen molar-refractivity contribution < 1.29 is 9.59 Å². The van der Waals surface area contributed by atoms with Gasteiger partial charge in [-0.2, -0.15) is 0 Å². The first-order valence-electron chi connectivity index (χ1n) is 10.1. The number of rotatable bonds is 5. The van der Waals surface area contributed by atoms with Crippen molar-refractivity contribution in [3.8, 4) is 0 Å². The second kappa shape index (κ2) is 8.29. The third-order valence-corrected chi connectivity index (χ3v) is 6.06. The molecule has 4 N–H and O–H groups in total. The summed E-state index contributed by atoms with van der Waals surface area (Å²) in [5.41, 5.74) is 6.20. The molecule has 150 valence electrons. The maximum Gasteiger partial charge on any atom is 0.317 e. The maximum atomic E-state index is 12.7. The third kappa shape index (κ3) is 4.10. The van der Waals surface area contributed by atoms with Crippen molar-refractivity contribution in [1.82, 2.24) is 25.1 Å². The van der Waals surface area contributed by atoms with Crippen LogP contribution in [0.1, 0.15) is 63.0 Å². The Morgan fingerprint density at radius 2 is 1.93 bits per heavy atom. The van der Waals surface area contributed by atoms with E-state index in [9.17, 15) is 9.59 Å². The number of nitrogens with two attached hydrogens (primary N) is 1. The number of imidazole rings is 1. The number of primary amides is 1. The number of nitrogens with one attached hydrogen (secondary N) is 2. The summed E-state index contributed by atoms with van der Waals surface area (Å²) in [7, 11) is 0. The number of nitrogens with zero attached hydrogens (tertiary/aromatic N) is 3. The van der Waals surface area contributed by atoms with E-state index in [0.29, 0.717) is 25.9 Å². The SMILES string of the molecule is CC[C@@H](NC(=O)N1CCC(C(N)=O)(N2CCCCC2)CC1)c1ncc(C)[nH]1. The van der Waals surface area contributed by atoms with Crippen LogP contribution in [0.15, 0.2) is 6.20 Å². The molecule has 3 amide bonds. The van der Waals surface area contributed by atoms with E-state index in [4.69, 9.17) is 5.73 Å². The van der Waals surface area contributed by atoms with Crippen LogP contribution < -0.4 is 11.1 Å². The standard InChI is InChI=1S/C19H32N6O2/c1-3-15(16-21-13-14(2)22-16)23-18(27)24-11-7-19(8-12-24,17(20)26)25-9-5-4-6-10-25/h13,15H,3-12H2,1-2H3,(H2,20,26)(H,21,22)(H,23,27)/t15-/m1/s1. The van der Waals surface area contributed by atoms with Crippen LogP contribution in [-0.2, 0) is 4.79 Å². The molecule has 0 bridgehead atoms. The molecule has 1 aromatic rings. The van der Waals surface area contributed by atoms with Gasteiger partial charge in [-0.15, -0.1) is 0 Å². The number of hydrogen-bond donors (Lipinski definition) is 3. The zero-order chi connectivity index (χ0) is 19.4. The van der Waals surface area contributed by atoms with Gasteiger partial charge in [0.1, 0.15) is 11.4 Å². The third-order valence-electron chi connectivity index (χ3n) is 6.06. The minimum absolute atomic E-state index is 0.104. The lowest BCUT2D eigenvalue weighted by Crippen LogP contribution is -2.64. The topological polar surface area (TPSA) is 107 Å². The Bertz CT molecular complexity index is 659. The fourth-order valence-electron chi connectivity index (χ4n) is 4.33. The van der Waals surface area contributed by atoms with Gasteiger partial charge in [-0.25, -0.2) is 9.78 Å². The lowest BCUT2D eigenvalue weighted by atomic mass is 9.83.